The zero-order chi connectivity index (χ0) is 17.7. The highest BCUT2D eigenvalue weighted by Gasteiger charge is 2.30. The van der Waals surface area contributed by atoms with Crippen molar-refractivity contribution >= 4 is 34.5 Å². The molecule has 24 heavy (non-hydrogen) atoms. The van der Waals surface area contributed by atoms with Crippen molar-refractivity contribution in [2.45, 2.75) is 19.8 Å². The van der Waals surface area contributed by atoms with Crippen LogP contribution in [0.2, 0.25) is 0 Å². The fraction of sp³-hybridized carbons (Fsp3) is 0.529. The molecule has 1 saturated heterocycles. The summed E-state index contributed by atoms with van der Waals surface area (Å²) in [4.78, 5) is 26.6. The highest BCUT2D eigenvalue weighted by molar-refractivity contribution is 14.1. The van der Waals surface area contributed by atoms with E-state index in [1.807, 2.05) is 0 Å². The molecule has 0 bridgehead atoms. The molecular formula is C17H22INO5. The monoisotopic (exact) mass is 447 g/mol. The van der Waals surface area contributed by atoms with Crippen molar-refractivity contribution < 1.29 is 23.8 Å². The number of hydrogen-bond acceptors (Lipinski definition) is 5. The Morgan fingerprint density at radius 1 is 1.25 bits per heavy atom. The van der Waals surface area contributed by atoms with Crippen LogP contribution in [-0.4, -0.2) is 50.7 Å². The van der Waals surface area contributed by atoms with Crippen molar-refractivity contribution in [3.63, 3.8) is 0 Å². The van der Waals surface area contributed by atoms with Gasteiger partial charge in [0.25, 0.3) is 5.91 Å². The van der Waals surface area contributed by atoms with Crippen LogP contribution in [0.5, 0.6) is 11.5 Å². The first-order valence-electron chi connectivity index (χ1n) is 7.89. The second-order valence-corrected chi connectivity index (χ2v) is 6.69. The van der Waals surface area contributed by atoms with Gasteiger partial charge in [0.05, 0.1) is 32.3 Å². The van der Waals surface area contributed by atoms with E-state index in [-0.39, 0.29) is 17.8 Å². The van der Waals surface area contributed by atoms with E-state index in [2.05, 4.69) is 22.6 Å². The number of benzene rings is 1. The van der Waals surface area contributed by atoms with Crippen LogP contribution >= 0.6 is 22.6 Å². The van der Waals surface area contributed by atoms with Gasteiger partial charge in [0.2, 0.25) is 0 Å². The number of piperidine rings is 1. The zero-order valence-corrected chi connectivity index (χ0v) is 16.3. The first kappa shape index (κ1) is 18.8. The minimum absolute atomic E-state index is 0.102. The van der Waals surface area contributed by atoms with E-state index in [9.17, 15) is 9.59 Å². The van der Waals surface area contributed by atoms with Crippen molar-refractivity contribution in [3.05, 3.63) is 21.3 Å². The molecule has 0 aliphatic carbocycles. The first-order valence-corrected chi connectivity index (χ1v) is 8.97. The molecule has 1 amide bonds. The number of esters is 1. The number of carbonyl (C=O) groups is 2. The number of ether oxygens (including phenoxy) is 3. The largest absolute Gasteiger partial charge is 0.493 e. The lowest BCUT2D eigenvalue weighted by Gasteiger charge is -2.32. The Kier molecular flexibility index (Phi) is 6.70. The lowest BCUT2D eigenvalue weighted by atomic mass is 9.97. The molecule has 1 atom stereocenters. The molecule has 1 heterocycles. The van der Waals surface area contributed by atoms with Crippen LogP contribution in [0.1, 0.15) is 30.1 Å². The smallest absolute Gasteiger partial charge is 0.310 e. The average Bonchev–Trinajstić information content (AvgIpc) is 2.61. The maximum Gasteiger partial charge on any atom is 0.310 e. The van der Waals surface area contributed by atoms with Gasteiger partial charge in [-0.25, -0.2) is 0 Å². The highest BCUT2D eigenvalue weighted by Crippen LogP contribution is 2.32. The summed E-state index contributed by atoms with van der Waals surface area (Å²) in [6.45, 7) is 3.17. The molecule has 0 spiro atoms. The summed E-state index contributed by atoms with van der Waals surface area (Å²) in [6.07, 6.45) is 1.55. The number of likely N-dealkylation sites (tertiary alicyclic amines) is 1. The third-order valence-electron chi connectivity index (χ3n) is 4.03. The van der Waals surface area contributed by atoms with Gasteiger partial charge in [0.1, 0.15) is 0 Å². The molecule has 6 nitrogen and oxygen atoms in total. The topological polar surface area (TPSA) is 65.1 Å². The molecule has 1 aromatic rings. The lowest BCUT2D eigenvalue weighted by molar-refractivity contribution is -0.149. The van der Waals surface area contributed by atoms with Gasteiger partial charge in [-0.15, -0.1) is 0 Å². The average molecular weight is 447 g/mol. The van der Waals surface area contributed by atoms with Crippen molar-refractivity contribution in [1.29, 1.82) is 0 Å². The Morgan fingerprint density at radius 3 is 2.54 bits per heavy atom. The van der Waals surface area contributed by atoms with E-state index in [4.69, 9.17) is 14.2 Å². The van der Waals surface area contributed by atoms with Gasteiger partial charge < -0.3 is 19.1 Å². The summed E-state index contributed by atoms with van der Waals surface area (Å²) < 4.78 is 16.4. The summed E-state index contributed by atoms with van der Waals surface area (Å²) in [5.41, 5.74) is 0.553. The van der Waals surface area contributed by atoms with E-state index in [1.165, 1.54) is 7.11 Å². The summed E-state index contributed by atoms with van der Waals surface area (Å²) in [5, 5.41) is 0. The highest BCUT2D eigenvalue weighted by atomic mass is 127. The van der Waals surface area contributed by atoms with Crippen molar-refractivity contribution in [2.24, 2.45) is 5.92 Å². The van der Waals surface area contributed by atoms with Crippen LogP contribution in [0.15, 0.2) is 12.1 Å². The van der Waals surface area contributed by atoms with Gasteiger partial charge in [0.15, 0.2) is 11.5 Å². The van der Waals surface area contributed by atoms with Gasteiger partial charge in [-0.2, -0.15) is 0 Å². The molecule has 0 radical (unpaired) electrons. The molecule has 0 saturated carbocycles. The second-order valence-electron chi connectivity index (χ2n) is 5.53. The van der Waals surface area contributed by atoms with Crippen LogP contribution in [0, 0.1) is 9.49 Å². The van der Waals surface area contributed by atoms with E-state index in [1.54, 1.807) is 31.1 Å². The van der Waals surface area contributed by atoms with Crippen LogP contribution in [0.3, 0.4) is 0 Å². The number of nitrogens with zero attached hydrogens (tertiary/aromatic N) is 1. The van der Waals surface area contributed by atoms with Gasteiger partial charge in [-0.3, -0.25) is 9.59 Å². The first-order chi connectivity index (χ1) is 11.5. The molecule has 2 rings (SSSR count). The van der Waals surface area contributed by atoms with Crippen LogP contribution in [-0.2, 0) is 9.53 Å². The second kappa shape index (κ2) is 8.55. The minimum atomic E-state index is -0.250. The number of carbonyl (C=O) groups excluding carboxylic acids is 2. The molecule has 132 valence electrons. The number of rotatable bonds is 5. The molecule has 1 unspecified atom stereocenters. The Balaban J connectivity index is 2.20. The van der Waals surface area contributed by atoms with E-state index in [0.29, 0.717) is 36.8 Å². The molecule has 0 aromatic heterocycles. The maximum atomic E-state index is 12.9. The van der Waals surface area contributed by atoms with Gasteiger partial charge >= 0.3 is 5.97 Å². The Hall–Kier alpha value is -1.51. The van der Waals surface area contributed by atoms with Crippen LogP contribution < -0.4 is 9.47 Å². The molecule has 1 aliphatic rings. The van der Waals surface area contributed by atoms with Gasteiger partial charge in [-0.1, -0.05) is 0 Å². The summed E-state index contributed by atoms with van der Waals surface area (Å²) in [6, 6.07) is 3.47. The van der Waals surface area contributed by atoms with Crippen LogP contribution in [0.25, 0.3) is 0 Å². The van der Waals surface area contributed by atoms with Crippen molar-refractivity contribution in [3.8, 4) is 11.5 Å². The molecule has 1 aromatic carbocycles. The molecule has 1 fully saturated rings. The zero-order valence-electron chi connectivity index (χ0n) is 14.1. The Labute approximate surface area is 155 Å². The third kappa shape index (κ3) is 4.12. The lowest BCUT2D eigenvalue weighted by Crippen LogP contribution is -2.43. The Morgan fingerprint density at radius 2 is 1.92 bits per heavy atom. The number of halogens is 1. The molecule has 1 aliphatic heterocycles. The van der Waals surface area contributed by atoms with Crippen LogP contribution in [0.4, 0.5) is 0 Å². The van der Waals surface area contributed by atoms with E-state index in [0.717, 1.165) is 16.4 Å². The Bertz CT molecular complexity index is 619. The number of amides is 1. The number of methoxy groups -OCH3 is 2. The fourth-order valence-corrected chi connectivity index (χ4v) is 3.47. The SMILES string of the molecule is CCOC(=O)C1CCCN(C(=O)c2cc(OC)c(OC)cc2I)C1. The predicted octanol–water partition coefficient (Wildman–Crippen LogP) is 2.72. The summed E-state index contributed by atoms with van der Waals surface area (Å²) >= 11 is 2.11. The van der Waals surface area contributed by atoms with E-state index >= 15 is 0 Å². The maximum absolute atomic E-state index is 12.9. The van der Waals surface area contributed by atoms with E-state index < -0.39 is 0 Å². The fourth-order valence-electron chi connectivity index (χ4n) is 2.80. The quantitative estimate of drug-likeness (QED) is 0.513. The summed E-state index contributed by atoms with van der Waals surface area (Å²) in [5.74, 6) is 0.522. The molecular weight excluding hydrogens is 425 g/mol. The number of hydrogen-bond donors (Lipinski definition) is 0. The predicted molar refractivity (Wildman–Crippen MR) is 97.5 cm³/mol. The molecule has 7 heteroatoms. The van der Waals surface area contributed by atoms with Crippen molar-refractivity contribution in [2.75, 3.05) is 33.9 Å². The standard InChI is InChI=1S/C17H22INO5/c1-4-24-17(21)11-6-5-7-19(10-11)16(20)12-8-14(22-2)15(23-3)9-13(12)18/h8-9,11H,4-7,10H2,1-3H3. The third-order valence-corrected chi connectivity index (χ3v) is 4.92. The minimum Gasteiger partial charge on any atom is -0.493 e. The summed E-state index contributed by atoms with van der Waals surface area (Å²) in [7, 11) is 3.10. The van der Waals surface area contributed by atoms with Gasteiger partial charge in [-0.05, 0) is 54.5 Å². The van der Waals surface area contributed by atoms with Crippen molar-refractivity contribution in [1.82, 2.24) is 4.90 Å². The van der Waals surface area contributed by atoms with Gasteiger partial charge in [0, 0.05) is 16.7 Å². The normalized spacial score (nSPS) is 17.3. The molecule has 0 N–H and O–H groups in total.